The highest BCUT2D eigenvalue weighted by molar-refractivity contribution is 7.93. The Labute approximate surface area is 105 Å². The molecule has 2 aliphatic rings. The number of β-lactam (4-membered cyclic amide) rings is 1. The lowest BCUT2D eigenvalue weighted by Crippen LogP contribution is -2.63. The van der Waals surface area contributed by atoms with Crippen molar-refractivity contribution < 1.29 is 23.1 Å². The highest BCUT2D eigenvalue weighted by Crippen LogP contribution is 2.49. The molecule has 0 unspecified atom stereocenters. The highest BCUT2D eigenvalue weighted by atomic mass is 32.2. The zero-order chi connectivity index (χ0) is 13.9. The molecule has 1 amide bonds. The van der Waals surface area contributed by atoms with Gasteiger partial charge < -0.3 is 10.0 Å². The maximum absolute atomic E-state index is 12.3. The lowest BCUT2D eigenvalue weighted by molar-refractivity contribution is -0.163. The van der Waals surface area contributed by atoms with Crippen molar-refractivity contribution in [3.63, 3.8) is 0 Å². The molecular weight excluding hydrogens is 258 g/mol. The quantitative estimate of drug-likeness (QED) is 0.577. The van der Waals surface area contributed by atoms with E-state index in [9.17, 15) is 18.0 Å². The third-order valence-corrected chi connectivity index (χ3v) is 6.71. The van der Waals surface area contributed by atoms with Crippen molar-refractivity contribution >= 4 is 21.7 Å². The van der Waals surface area contributed by atoms with Gasteiger partial charge in [-0.15, -0.1) is 6.58 Å². The number of carbonyl (C=O) groups is 2. The Balaban J connectivity index is 2.52. The second kappa shape index (κ2) is 3.57. The standard InChI is InChI=1S/C11H15NO5S/c1-4-5-6-8(13)12-7(10(14)15)11(2,3)18(16,17)9(6)12/h4,6-7,9H,1,5H2,2-3H3,(H,14,15)/t6-,7+,9-/m1/s1. The first-order valence-corrected chi connectivity index (χ1v) is 7.12. The largest absolute Gasteiger partial charge is 0.480 e. The summed E-state index contributed by atoms with van der Waals surface area (Å²) in [7, 11) is -3.69. The zero-order valence-corrected chi connectivity index (χ0v) is 11.0. The van der Waals surface area contributed by atoms with Crippen molar-refractivity contribution in [1.29, 1.82) is 0 Å². The molecule has 0 aromatic heterocycles. The van der Waals surface area contributed by atoms with Crippen LogP contribution in [0.15, 0.2) is 12.7 Å². The van der Waals surface area contributed by atoms with Crippen LogP contribution in [0.1, 0.15) is 20.3 Å². The van der Waals surface area contributed by atoms with E-state index in [-0.39, 0.29) is 6.42 Å². The number of carboxylic acids is 1. The van der Waals surface area contributed by atoms with E-state index < -0.39 is 43.8 Å². The molecule has 0 saturated carbocycles. The van der Waals surface area contributed by atoms with Gasteiger partial charge in [-0.2, -0.15) is 0 Å². The number of aliphatic carboxylic acids is 1. The number of amides is 1. The van der Waals surface area contributed by atoms with E-state index in [1.54, 1.807) is 0 Å². The van der Waals surface area contributed by atoms with Crippen LogP contribution in [0.4, 0.5) is 0 Å². The molecule has 3 atom stereocenters. The molecule has 2 heterocycles. The second-order valence-electron chi connectivity index (χ2n) is 5.16. The number of fused-ring (bicyclic) bond motifs is 1. The van der Waals surface area contributed by atoms with Gasteiger partial charge in [-0.25, -0.2) is 13.2 Å². The van der Waals surface area contributed by atoms with E-state index in [4.69, 9.17) is 5.11 Å². The molecule has 0 spiro atoms. The van der Waals surface area contributed by atoms with E-state index in [2.05, 4.69) is 6.58 Å². The monoisotopic (exact) mass is 273 g/mol. The van der Waals surface area contributed by atoms with Crippen molar-refractivity contribution in [2.24, 2.45) is 5.92 Å². The van der Waals surface area contributed by atoms with Gasteiger partial charge in [-0.1, -0.05) is 6.08 Å². The summed E-state index contributed by atoms with van der Waals surface area (Å²) in [5.74, 6) is -2.38. The van der Waals surface area contributed by atoms with Crippen LogP contribution < -0.4 is 0 Å². The minimum Gasteiger partial charge on any atom is -0.480 e. The number of rotatable bonds is 3. The van der Waals surface area contributed by atoms with Crippen LogP contribution >= 0.6 is 0 Å². The summed E-state index contributed by atoms with van der Waals surface area (Å²) < 4.78 is 23.2. The molecule has 6 nitrogen and oxygen atoms in total. The van der Waals surface area contributed by atoms with E-state index in [0.29, 0.717) is 0 Å². The lowest BCUT2D eigenvalue weighted by atomic mass is 9.90. The molecule has 2 saturated heterocycles. The fourth-order valence-corrected chi connectivity index (χ4v) is 5.14. The van der Waals surface area contributed by atoms with Crippen LogP contribution in [0, 0.1) is 5.92 Å². The minimum absolute atomic E-state index is 0.252. The van der Waals surface area contributed by atoms with Crippen LogP contribution in [0.25, 0.3) is 0 Å². The maximum Gasteiger partial charge on any atom is 0.328 e. The summed E-state index contributed by atoms with van der Waals surface area (Å²) in [6, 6.07) is -1.30. The van der Waals surface area contributed by atoms with Crippen molar-refractivity contribution in [2.75, 3.05) is 0 Å². The minimum atomic E-state index is -3.69. The van der Waals surface area contributed by atoms with E-state index in [1.165, 1.54) is 19.9 Å². The molecule has 2 fully saturated rings. The van der Waals surface area contributed by atoms with Gasteiger partial charge in [0, 0.05) is 0 Å². The topological polar surface area (TPSA) is 91.8 Å². The number of hydrogen-bond acceptors (Lipinski definition) is 4. The zero-order valence-electron chi connectivity index (χ0n) is 10.2. The van der Waals surface area contributed by atoms with Crippen molar-refractivity contribution in [2.45, 2.75) is 36.4 Å². The van der Waals surface area contributed by atoms with Gasteiger partial charge in [-0.3, -0.25) is 4.79 Å². The Hall–Kier alpha value is -1.37. The smallest absolute Gasteiger partial charge is 0.328 e. The molecule has 7 heteroatoms. The highest BCUT2D eigenvalue weighted by Gasteiger charge is 2.71. The summed E-state index contributed by atoms with van der Waals surface area (Å²) in [5, 5.41) is 8.14. The second-order valence-corrected chi connectivity index (χ2v) is 7.78. The number of hydrogen-bond donors (Lipinski definition) is 1. The number of sulfone groups is 1. The number of allylic oxidation sites excluding steroid dienone is 1. The van der Waals surface area contributed by atoms with E-state index in [0.717, 1.165) is 4.90 Å². The van der Waals surface area contributed by atoms with Crippen molar-refractivity contribution in [1.82, 2.24) is 4.90 Å². The first-order valence-electron chi connectivity index (χ1n) is 5.57. The first-order chi connectivity index (χ1) is 8.17. The molecule has 18 heavy (non-hydrogen) atoms. The van der Waals surface area contributed by atoms with E-state index >= 15 is 0 Å². The number of nitrogens with zero attached hydrogens (tertiary/aromatic N) is 1. The summed E-state index contributed by atoms with van der Waals surface area (Å²) >= 11 is 0. The molecule has 0 bridgehead atoms. The summed E-state index contributed by atoms with van der Waals surface area (Å²) in [6.07, 6.45) is 1.73. The SMILES string of the molecule is C=CC[C@@H]1C(=O)N2[C@@H](C(=O)O)C(C)(C)S(=O)(=O)[C@H]12. The lowest BCUT2D eigenvalue weighted by Gasteiger charge is -2.42. The van der Waals surface area contributed by atoms with Gasteiger partial charge in [0.15, 0.2) is 9.84 Å². The Morgan fingerprint density at radius 3 is 2.56 bits per heavy atom. The van der Waals surface area contributed by atoms with Gasteiger partial charge in [0.2, 0.25) is 5.91 Å². The van der Waals surface area contributed by atoms with Gasteiger partial charge in [0.1, 0.15) is 11.4 Å². The Bertz CT molecular complexity index is 536. The predicted molar refractivity (Wildman–Crippen MR) is 63.4 cm³/mol. The van der Waals surface area contributed by atoms with Crippen LogP contribution in [0.5, 0.6) is 0 Å². The predicted octanol–water partition coefficient (Wildman–Crippen LogP) is 0.00720. The summed E-state index contributed by atoms with van der Waals surface area (Å²) in [6.45, 7) is 6.21. The first kappa shape index (κ1) is 13.1. The van der Waals surface area contributed by atoms with Crippen molar-refractivity contribution in [3.05, 3.63) is 12.7 Å². The molecule has 0 aromatic rings. The molecule has 2 aliphatic heterocycles. The van der Waals surface area contributed by atoms with Gasteiger partial charge in [-0.05, 0) is 20.3 Å². The molecule has 2 rings (SSSR count). The van der Waals surface area contributed by atoms with Gasteiger partial charge in [0.25, 0.3) is 0 Å². The third kappa shape index (κ3) is 1.25. The van der Waals surface area contributed by atoms with Gasteiger partial charge in [0.05, 0.1) is 10.7 Å². The van der Waals surface area contributed by atoms with E-state index in [1.807, 2.05) is 0 Å². The normalized spacial score (nSPS) is 35.8. The molecule has 0 radical (unpaired) electrons. The molecule has 100 valence electrons. The summed E-state index contributed by atoms with van der Waals surface area (Å²) in [4.78, 5) is 24.1. The van der Waals surface area contributed by atoms with Crippen LogP contribution in [-0.4, -0.2) is 46.5 Å². The fraction of sp³-hybridized carbons (Fsp3) is 0.636. The third-order valence-electron chi connectivity index (χ3n) is 3.83. The Morgan fingerprint density at radius 2 is 2.11 bits per heavy atom. The number of carboxylic acid groups (broad SMARTS) is 1. The van der Waals surface area contributed by atoms with Crippen LogP contribution in [-0.2, 0) is 19.4 Å². The number of carbonyl (C=O) groups excluding carboxylic acids is 1. The summed E-state index contributed by atoms with van der Waals surface area (Å²) in [5.41, 5.74) is 0. The molecule has 0 aromatic carbocycles. The van der Waals surface area contributed by atoms with Crippen LogP contribution in [0.2, 0.25) is 0 Å². The van der Waals surface area contributed by atoms with Crippen LogP contribution in [0.3, 0.4) is 0 Å². The Kier molecular flexibility index (Phi) is 2.59. The molecule has 0 aliphatic carbocycles. The maximum atomic E-state index is 12.3. The van der Waals surface area contributed by atoms with Gasteiger partial charge >= 0.3 is 5.97 Å². The average Bonchev–Trinajstić information content (AvgIpc) is 2.38. The van der Waals surface area contributed by atoms with Crippen molar-refractivity contribution in [3.8, 4) is 0 Å². The molecule has 1 N–H and O–H groups in total. The fourth-order valence-electron chi connectivity index (χ4n) is 2.81. The average molecular weight is 273 g/mol. The Morgan fingerprint density at radius 1 is 1.56 bits per heavy atom. The molecular formula is C11H15NO5S.